The van der Waals surface area contributed by atoms with Crippen LogP contribution in [0.3, 0.4) is 0 Å². The molecule has 0 saturated carbocycles. The van der Waals surface area contributed by atoms with Gasteiger partial charge in [-0.25, -0.2) is 19.6 Å². The third-order valence-corrected chi connectivity index (χ3v) is 11.3. The van der Waals surface area contributed by atoms with Crippen molar-refractivity contribution in [1.29, 1.82) is 0 Å². The molecule has 5 aromatic rings. The van der Waals surface area contributed by atoms with E-state index in [9.17, 15) is 19.2 Å². The summed E-state index contributed by atoms with van der Waals surface area (Å²) in [5.41, 5.74) is 7.84. The molecule has 4 atom stereocenters. The number of nitrogens with zero attached hydrogens (tertiary/aromatic N) is 4. The summed E-state index contributed by atoms with van der Waals surface area (Å²) in [5.74, 6) is 0.985. The zero-order valence-corrected chi connectivity index (χ0v) is 33.9. The molecule has 0 aliphatic carbocycles. The Labute approximate surface area is 338 Å². The van der Waals surface area contributed by atoms with Gasteiger partial charge >= 0.3 is 12.2 Å². The Bertz CT molecular complexity index is 2260. The SMILES string of the molecule is COC(=O)NC(C(=O)N1CCCC1c1nc2ccc(-c3ccc(-c4ccc(-c5cnc(C6CCCN6C(=O)[C@@H](NC(=O)OC)C(C)C)[nH]5)cc4)cc3)cc2[nH]1)C(C)C. The number of hydrogen-bond acceptors (Lipinski definition) is 8. The van der Waals surface area contributed by atoms with Crippen LogP contribution in [-0.2, 0) is 19.1 Å². The summed E-state index contributed by atoms with van der Waals surface area (Å²) in [5, 5.41) is 5.40. The second-order valence-electron chi connectivity index (χ2n) is 15.8. The molecule has 2 aromatic heterocycles. The Hall–Kier alpha value is -6.18. The minimum absolute atomic E-state index is 0.104. The number of likely N-dealkylation sites (tertiary alicyclic amines) is 2. The molecule has 7 rings (SSSR count). The molecule has 4 amide bonds. The molecule has 3 unspecified atom stereocenters. The molecule has 4 heterocycles. The van der Waals surface area contributed by atoms with Gasteiger partial charge in [0, 0.05) is 13.1 Å². The summed E-state index contributed by atoms with van der Waals surface area (Å²) in [6, 6.07) is 21.1. The number of aromatic amines is 2. The third-order valence-electron chi connectivity index (χ3n) is 11.3. The number of alkyl carbamates (subject to hydrolysis) is 2. The highest BCUT2D eigenvalue weighted by Gasteiger charge is 2.39. The van der Waals surface area contributed by atoms with Crippen molar-refractivity contribution in [3.05, 3.63) is 84.6 Å². The van der Waals surface area contributed by atoms with Crippen LogP contribution in [0, 0.1) is 11.8 Å². The predicted molar refractivity (Wildman–Crippen MR) is 220 cm³/mol. The lowest BCUT2D eigenvalue weighted by molar-refractivity contribution is -0.136. The van der Waals surface area contributed by atoms with Gasteiger partial charge in [0.2, 0.25) is 11.8 Å². The molecule has 0 radical (unpaired) electrons. The summed E-state index contributed by atoms with van der Waals surface area (Å²) in [6.07, 6.45) is 3.83. The van der Waals surface area contributed by atoms with Gasteiger partial charge in [-0.15, -0.1) is 0 Å². The smallest absolute Gasteiger partial charge is 0.407 e. The van der Waals surface area contributed by atoms with Gasteiger partial charge in [0.05, 0.1) is 49.2 Å². The van der Waals surface area contributed by atoms with Gasteiger partial charge in [-0.3, -0.25) is 9.59 Å². The Morgan fingerprint density at radius 2 is 1.12 bits per heavy atom. The minimum Gasteiger partial charge on any atom is -0.453 e. The molecule has 14 heteroatoms. The monoisotopic (exact) mass is 788 g/mol. The van der Waals surface area contributed by atoms with Gasteiger partial charge in [0.1, 0.15) is 23.7 Å². The van der Waals surface area contributed by atoms with E-state index in [1.54, 1.807) is 0 Å². The second-order valence-corrected chi connectivity index (χ2v) is 15.8. The Balaban J connectivity index is 1.02. The van der Waals surface area contributed by atoms with Gasteiger partial charge in [0.15, 0.2) is 0 Å². The largest absolute Gasteiger partial charge is 0.453 e. The van der Waals surface area contributed by atoms with E-state index in [-0.39, 0.29) is 35.7 Å². The van der Waals surface area contributed by atoms with Gasteiger partial charge in [-0.2, -0.15) is 0 Å². The molecule has 2 aliphatic rings. The summed E-state index contributed by atoms with van der Waals surface area (Å²) < 4.78 is 9.53. The van der Waals surface area contributed by atoms with Crippen LogP contribution in [0.2, 0.25) is 0 Å². The zero-order valence-electron chi connectivity index (χ0n) is 33.9. The number of amides is 4. The molecule has 0 bridgehead atoms. The van der Waals surface area contributed by atoms with Gasteiger partial charge < -0.3 is 39.9 Å². The minimum atomic E-state index is -0.689. The van der Waals surface area contributed by atoms with Crippen molar-refractivity contribution in [2.45, 2.75) is 77.5 Å². The van der Waals surface area contributed by atoms with Crippen molar-refractivity contribution in [2.24, 2.45) is 11.8 Å². The van der Waals surface area contributed by atoms with Crippen LogP contribution in [0.25, 0.3) is 44.5 Å². The topological polar surface area (TPSA) is 175 Å². The molecule has 4 N–H and O–H groups in total. The van der Waals surface area contributed by atoms with Crippen molar-refractivity contribution in [3.63, 3.8) is 0 Å². The number of hydrogen-bond donors (Lipinski definition) is 4. The number of imidazole rings is 2. The van der Waals surface area contributed by atoms with Crippen LogP contribution in [0.4, 0.5) is 9.59 Å². The molecule has 2 fully saturated rings. The standard InChI is InChI=1S/C44H52N8O6/c1-25(2)37(49-43(55)57-5)41(53)51-21-7-9-35(51)39-45-24-34(48-39)30-17-15-28(16-18-30)27-11-13-29(14-12-27)31-19-20-32-33(23-31)47-40(46-32)36-10-8-22-52(36)42(54)38(26(3)4)50-44(56)58-6/h11-20,23-26,35-38H,7-10,21-22H2,1-6H3,(H,45,48)(H,46,47)(H,49,55)(H,50,56)/t35?,36?,37-,38?/m0/s1. The number of carbonyl (C=O) groups excluding carboxylic acids is 4. The van der Waals surface area contributed by atoms with Crippen LogP contribution in [0.1, 0.15) is 77.1 Å². The van der Waals surface area contributed by atoms with E-state index in [0.717, 1.165) is 81.9 Å². The van der Waals surface area contributed by atoms with Crippen LogP contribution < -0.4 is 10.6 Å². The average molecular weight is 789 g/mol. The Kier molecular flexibility index (Phi) is 11.8. The maximum absolute atomic E-state index is 13.6. The summed E-state index contributed by atoms with van der Waals surface area (Å²) >= 11 is 0. The van der Waals surface area contributed by atoms with E-state index < -0.39 is 24.3 Å². The molecule has 58 heavy (non-hydrogen) atoms. The van der Waals surface area contributed by atoms with E-state index >= 15 is 0 Å². The zero-order chi connectivity index (χ0) is 41.1. The number of H-pyrrole nitrogens is 2. The first kappa shape index (κ1) is 40.0. The molecule has 3 aromatic carbocycles. The predicted octanol–water partition coefficient (Wildman–Crippen LogP) is 7.38. The fraction of sp³-hybridized carbons (Fsp3) is 0.409. The number of nitrogens with one attached hydrogen (secondary N) is 4. The summed E-state index contributed by atoms with van der Waals surface area (Å²) in [4.78, 5) is 71.2. The number of rotatable bonds is 11. The first-order valence-corrected chi connectivity index (χ1v) is 20.0. The van der Waals surface area contributed by atoms with Gasteiger partial charge in [-0.05, 0) is 77.5 Å². The molecule has 2 aliphatic heterocycles. The van der Waals surface area contributed by atoms with Crippen molar-refractivity contribution < 1.29 is 28.7 Å². The highest BCUT2D eigenvalue weighted by molar-refractivity contribution is 5.88. The third kappa shape index (κ3) is 8.27. The van der Waals surface area contributed by atoms with Crippen molar-refractivity contribution >= 4 is 35.0 Å². The van der Waals surface area contributed by atoms with Crippen molar-refractivity contribution in [2.75, 3.05) is 27.3 Å². The number of ether oxygens (including phenoxy) is 2. The Morgan fingerprint density at radius 3 is 1.62 bits per heavy atom. The van der Waals surface area contributed by atoms with E-state index in [2.05, 4.69) is 86.2 Å². The fourth-order valence-electron chi connectivity index (χ4n) is 8.10. The van der Waals surface area contributed by atoms with Gasteiger partial charge in [-0.1, -0.05) is 82.3 Å². The second kappa shape index (κ2) is 17.1. The normalized spacial score (nSPS) is 17.8. The highest BCUT2D eigenvalue weighted by Crippen LogP contribution is 2.35. The van der Waals surface area contributed by atoms with E-state index in [1.807, 2.05) is 49.8 Å². The Morgan fingerprint density at radius 1 is 0.655 bits per heavy atom. The quantitative estimate of drug-likeness (QED) is 0.107. The summed E-state index contributed by atoms with van der Waals surface area (Å²) in [6.45, 7) is 8.81. The molecule has 0 spiro atoms. The van der Waals surface area contributed by atoms with Crippen LogP contribution in [-0.4, -0.2) is 93.1 Å². The average Bonchev–Trinajstić information content (AvgIpc) is 4.07. The molecule has 14 nitrogen and oxygen atoms in total. The molecular formula is C44H52N8O6. The van der Waals surface area contributed by atoms with Crippen molar-refractivity contribution in [1.82, 2.24) is 40.4 Å². The molecule has 2 saturated heterocycles. The number of fused-ring (bicyclic) bond motifs is 1. The molecular weight excluding hydrogens is 737 g/mol. The lowest BCUT2D eigenvalue weighted by Gasteiger charge is -2.30. The first-order valence-electron chi connectivity index (χ1n) is 20.0. The highest BCUT2D eigenvalue weighted by atomic mass is 16.5. The van der Waals surface area contributed by atoms with E-state index in [0.29, 0.717) is 13.1 Å². The van der Waals surface area contributed by atoms with Crippen LogP contribution >= 0.6 is 0 Å². The summed E-state index contributed by atoms with van der Waals surface area (Å²) in [7, 11) is 2.58. The van der Waals surface area contributed by atoms with Gasteiger partial charge in [0.25, 0.3) is 0 Å². The van der Waals surface area contributed by atoms with Crippen LogP contribution in [0.15, 0.2) is 72.9 Å². The van der Waals surface area contributed by atoms with E-state index in [1.165, 1.54) is 14.2 Å². The number of benzene rings is 3. The lowest BCUT2D eigenvalue weighted by atomic mass is 9.99. The maximum atomic E-state index is 13.6. The van der Waals surface area contributed by atoms with Crippen molar-refractivity contribution in [3.8, 4) is 33.5 Å². The number of methoxy groups -OCH3 is 2. The first-order chi connectivity index (χ1) is 27.9. The number of aromatic nitrogens is 4. The molecule has 304 valence electrons. The fourth-order valence-corrected chi connectivity index (χ4v) is 8.10. The maximum Gasteiger partial charge on any atom is 0.407 e. The van der Waals surface area contributed by atoms with Crippen LogP contribution in [0.5, 0.6) is 0 Å². The van der Waals surface area contributed by atoms with E-state index in [4.69, 9.17) is 14.5 Å². The number of carbonyl (C=O) groups is 4. The lowest BCUT2D eigenvalue weighted by Crippen LogP contribution is -2.51.